The smallest absolute Gasteiger partial charge is 0.315 e. The summed E-state index contributed by atoms with van der Waals surface area (Å²) < 4.78 is 2.09. The molecule has 27 heavy (non-hydrogen) atoms. The number of hydrogen-bond donors (Lipinski definition) is 2. The van der Waals surface area contributed by atoms with E-state index in [9.17, 15) is 4.79 Å². The molecule has 2 amide bonds. The zero-order chi connectivity index (χ0) is 19.1. The highest BCUT2D eigenvalue weighted by molar-refractivity contribution is 6.31. The van der Waals surface area contributed by atoms with Gasteiger partial charge in [0.2, 0.25) is 0 Å². The minimum atomic E-state index is -0.182. The summed E-state index contributed by atoms with van der Waals surface area (Å²) in [5.74, 6) is 0.983. The third kappa shape index (κ3) is 5.59. The summed E-state index contributed by atoms with van der Waals surface area (Å²) in [6.45, 7) is 3.77. The van der Waals surface area contributed by atoms with Gasteiger partial charge >= 0.3 is 6.03 Å². The summed E-state index contributed by atoms with van der Waals surface area (Å²) in [7, 11) is 0. The van der Waals surface area contributed by atoms with Gasteiger partial charge < -0.3 is 15.2 Å². The van der Waals surface area contributed by atoms with Gasteiger partial charge in [0.05, 0.1) is 0 Å². The van der Waals surface area contributed by atoms with E-state index in [4.69, 9.17) is 11.6 Å². The topological polar surface area (TPSA) is 59.0 Å². The quantitative estimate of drug-likeness (QED) is 0.650. The van der Waals surface area contributed by atoms with Crippen molar-refractivity contribution in [1.29, 1.82) is 0 Å². The molecule has 2 aromatic carbocycles. The van der Waals surface area contributed by atoms with Crippen molar-refractivity contribution in [3.63, 3.8) is 0 Å². The highest BCUT2D eigenvalue weighted by atomic mass is 35.5. The number of nitrogens with zero attached hydrogens (tertiary/aromatic N) is 2. The summed E-state index contributed by atoms with van der Waals surface area (Å²) in [6, 6.07) is 15.7. The zero-order valence-corrected chi connectivity index (χ0v) is 16.0. The lowest BCUT2D eigenvalue weighted by molar-refractivity contribution is 0.240. The Labute approximate surface area is 164 Å². The van der Waals surface area contributed by atoms with Crippen molar-refractivity contribution in [1.82, 2.24) is 20.2 Å². The van der Waals surface area contributed by atoms with Gasteiger partial charge in [0, 0.05) is 37.1 Å². The molecule has 3 rings (SSSR count). The number of amides is 2. The van der Waals surface area contributed by atoms with E-state index in [-0.39, 0.29) is 6.03 Å². The van der Waals surface area contributed by atoms with E-state index in [1.165, 1.54) is 5.56 Å². The van der Waals surface area contributed by atoms with Crippen molar-refractivity contribution >= 4 is 17.6 Å². The van der Waals surface area contributed by atoms with E-state index in [0.717, 1.165) is 28.5 Å². The van der Waals surface area contributed by atoms with E-state index in [1.54, 1.807) is 6.20 Å². The van der Waals surface area contributed by atoms with Gasteiger partial charge in [-0.25, -0.2) is 9.78 Å². The monoisotopic (exact) mass is 382 g/mol. The van der Waals surface area contributed by atoms with Crippen LogP contribution >= 0.6 is 11.6 Å². The molecule has 0 atom stereocenters. The Kier molecular flexibility index (Phi) is 6.49. The van der Waals surface area contributed by atoms with Crippen LogP contribution in [0.25, 0.3) is 0 Å². The van der Waals surface area contributed by atoms with Crippen molar-refractivity contribution in [3.05, 3.63) is 88.5 Å². The van der Waals surface area contributed by atoms with Crippen LogP contribution in [0.3, 0.4) is 0 Å². The first kappa shape index (κ1) is 19.0. The number of halogens is 1. The number of rotatable bonds is 7. The van der Waals surface area contributed by atoms with Crippen LogP contribution in [0.2, 0.25) is 5.02 Å². The number of benzene rings is 2. The Morgan fingerprint density at radius 1 is 1.11 bits per heavy atom. The standard InChI is InChI=1S/C21H23ClN4O/c1-16-23-11-12-26(16)15-18-6-4-5-17(13-18)14-25-21(27)24-10-9-19-7-2-3-8-20(19)22/h2-8,11-13H,9-10,14-15H2,1H3,(H2,24,25,27). The molecule has 0 radical (unpaired) electrons. The number of aryl methyl sites for hydroxylation is 1. The van der Waals surface area contributed by atoms with Crippen LogP contribution in [0.4, 0.5) is 4.79 Å². The van der Waals surface area contributed by atoms with Crippen molar-refractivity contribution in [2.45, 2.75) is 26.4 Å². The van der Waals surface area contributed by atoms with Crippen LogP contribution in [-0.2, 0) is 19.5 Å². The number of carbonyl (C=O) groups excluding carboxylic acids is 1. The Bertz CT molecular complexity index is 906. The Morgan fingerprint density at radius 2 is 1.93 bits per heavy atom. The molecule has 2 N–H and O–H groups in total. The largest absolute Gasteiger partial charge is 0.338 e. The fraction of sp³-hybridized carbons (Fsp3) is 0.238. The van der Waals surface area contributed by atoms with Gasteiger partial charge in [0.25, 0.3) is 0 Å². The molecule has 140 valence electrons. The zero-order valence-electron chi connectivity index (χ0n) is 15.3. The number of aromatic nitrogens is 2. The summed E-state index contributed by atoms with van der Waals surface area (Å²) >= 11 is 6.12. The summed E-state index contributed by atoms with van der Waals surface area (Å²) in [4.78, 5) is 16.2. The molecular weight excluding hydrogens is 360 g/mol. The number of hydrogen-bond acceptors (Lipinski definition) is 2. The number of nitrogens with one attached hydrogen (secondary N) is 2. The number of carbonyl (C=O) groups is 1. The lowest BCUT2D eigenvalue weighted by Gasteiger charge is -2.10. The highest BCUT2D eigenvalue weighted by Crippen LogP contribution is 2.14. The molecule has 1 aromatic heterocycles. The normalized spacial score (nSPS) is 10.6. The van der Waals surface area contributed by atoms with Gasteiger partial charge in [0.1, 0.15) is 5.82 Å². The molecule has 0 aliphatic carbocycles. The second kappa shape index (κ2) is 9.24. The lowest BCUT2D eigenvalue weighted by Crippen LogP contribution is -2.36. The molecule has 3 aromatic rings. The van der Waals surface area contributed by atoms with Gasteiger partial charge in [-0.3, -0.25) is 0 Å². The minimum Gasteiger partial charge on any atom is -0.338 e. The minimum absolute atomic E-state index is 0.182. The first-order valence-electron chi connectivity index (χ1n) is 8.92. The third-order valence-electron chi connectivity index (χ3n) is 4.36. The van der Waals surface area contributed by atoms with Gasteiger partial charge in [-0.05, 0) is 36.1 Å². The Balaban J connectivity index is 1.45. The molecule has 6 heteroatoms. The van der Waals surface area contributed by atoms with Gasteiger partial charge in [-0.15, -0.1) is 0 Å². The van der Waals surface area contributed by atoms with Crippen molar-refractivity contribution in [2.75, 3.05) is 6.54 Å². The fourth-order valence-electron chi connectivity index (χ4n) is 2.86. The molecule has 0 unspecified atom stereocenters. The molecule has 5 nitrogen and oxygen atoms in total. The second-order valence-corrected chi connectivity index (χ2v) is 6.78. The Hall–Kier alpha value is -2.79. The maximum absolute atomic E-state index is 12.0. The first-order valence-corrected chi connectivity index (χ1v) is 9.30. The van der Waals surface area contributed by atoms with E-state index in [1.807, 2.05) is 49.5 Å². The third-order valence-corrected chi connectivity index (χ3v) is 4.73. The van der Waals surface area contributed by atoms with Gasteiger partial charge in [-0.2, -0.15) is 0 Å². The van der Waals surface area contributed by atoms with Crippen LogP contribution in [0.5, 0.6) is 0 Å². The average molecular weight is 383 g/mol. The predicted molar refractivity (Wildman–Crippen MR) is 108 cm³/mol. The average Bonchev–Trinajstić information content (AvgIpc) is 3.07. The Morgan fingerprint density at radius 3 is 2.70 bits per heavy atom. The number of urea groups is 1. The van der Waals surface area contributed by atoms with Crippen LogP contribution in [0, 0.1) is 6.92 Å². The summed E-state index contributed by atoms with van der Waals surface area (Å²) in [5.41, 5.74) is 3.27. The van der Waals surface area contributed by atoms with E-state index < -0.39 is 0 Å². The van der Waals surface area contributed by atoms with Crippen LogP contribution < -0.4 is 10.6 Å². The first-order chi connectivity index (χ1) is 13.1. The van der Waals surface area contributed by atoms with Crippen LogP contribution in [0.15, 0.2) is 60.9 Å². The maximum Gasteiger partial charge on any atom is 0.315 e. The van der Waals surface area contributed by atoms with Gasteiger partial charge in [-0.1, -0.05) is 54.1 Å². The van der Waals surface area contributed by atoms with Gasteiger partial charge in [0.15, 0.2) is 0 Å². The van der Waals surface area contributed by atoms with E-state index >= 15 is 0 Å². The van der Waals surface area contributed by atoms with Crippen molar-refractivity contribution in [2.24, 2.45) is 0 Å². The van der Waals surface area contributed by atoms with E-state index in [2.05, 4.69) is 32.3 Å². The fourth-order valence-corrected chi connectivity index (χ4v) is 3.09. The van der Waals surface area contributed by atoms with Crippen molar-refractivity contribution < 1.29 is 4.79 Å². The molecule has 0 bridgehead atoms. The molecule has 0 saturated heterocycles. The van der Waals surface area contributed by atoms with Crippen LogP contribution in [-0.4, -0.2) is 22.1 Å². The predicted octanol–water partition coefficient (Wildman–Crippen LogP) is 3.94. The number of imidazole rings is 1. The molecule has 0 aliphatic heterocycles. The molecule has 0 saturated carbocycles. The van der Waals surface area contributed by atoms with E-state index in [0.29, 0.717) is 19.5 Å². The maximum atomic E-state index is 12.0. The molecular formula is C21H23ClN4O. The summed E-state index contributed by atoms with van der Waals surface area (Å²) in [5, 5.41) is 6.49. The summed E-state index contributed by atoms with van der Waals surface area (Å²) in [6.07, 6.45) is 4.47. The lowest BCUT2D eigenvalue weighted by atomic mass is 10.1. The molecule has 0 fully saturated rings. The SMILES string of the molecule is Cc1nccn1Cc1cccc(CNC(=O)NCCc2ccccc2Cl)c1. The second-order valence-electron chi connectivity index (χ2n) is 6.37. The molecule has 0 aliphatic rings. The molecule has 0 spiro atoms. The van der Waals surface area contributed by atoms with Crippen molar-refractivity contribution in [3.8, 4) is 0 Å². The highest BCUT2D eigenvalue weighted by Gasteiger charge is 2.04. The molecule has 1 heterocycles. The van der Waals surface area contributed by atoms with Crippen LogP contribution in [0.1, 0.15) is 22.5 Å².